The van der Waals surface area contributed by atoms with E-state index in [9.17, 15) is 9.59 Å². The van der Waals surface area contributed by atoms with E-state index in [-0.39, 0.29) is 17.9 Å². The van der Waals surface area contributed by atoms with Gasteiger partial charge >= 0.3 is 0 Å². The molecule has 2 saturated heterocycles. The van der Waals surface area contributed by atoms with E-state index >= 15 is 0 Å². The molecule has 2 aliphatic rings. The number of nitrogens with one attached hydrogen (secondary N) is 1. The predicted octanol–water partition coefficient (Wildman–Crippen LogP) is 1.26. The number of piperazine rings is 1. The summed E-state index contributed by atoms with van der Waals surface area (Å²) in [5.74, 6) is 1.05. The number of fused-ring (bicyclic) bond motifs is 1. The van der Waals surface area contributed by atoms with Crippen molar-refractivity contribution in [3.05, 3.63) is 29.6 Å². The van der Waals surface area contributed by atoms with Gasteiger partial charge in [0.2, 0.25) is 5.91 Å². The first-order chi connectivity index (χ1) is 12.6. The number of benzene rings is 1. The van der Waals surface area contributed by atoms with E-state index in [0.29, 0.717) is 39.2 Å². The van der Waals surface area contributed by atoms with Crippen LogP contribution >= 0.6 is 0 Å². The number of carbonyl (C=O) groups excluding carboxylic acids is 2. The van der Waals surface area contributed by atoms with Crippen LogP contribution in [-0.4, -0.2) is 70.5 Å². The number of carbonyl (C=O) groups is 2. The first-order valence-corrected chi connectivity index (χ1v) is 9.23. The monoisotopic (exact) mass is 356 g/mol. The van der Waals surface area contributed by atoms with Crippen LogP contribution < -0.4 is 0 Å². The van der Waals surface area contributed by atoms with Crippen LogP contribution in [0.2, 0.25) is 0 Å². The maximum atomic E-state index is 12.6. The minimum absolute atomic E-state index is 0.0784. The number of nitrogens with zero attached hydrogens (tertiary/aromatic N) is 3. The molecule has 0 spiro atoms. The molecule has 138 valence electrons. The summed E-state index contributed by atoms with van der Waals surface area (Å²) in [6.07, 6.45) is 1.86. The Morgan fingerprint density at radius 3 is 2.73 bits per heavy atom. The largest absolute Gasteiger partial charge is 0.368 e. The summed E-state index contributed by atoms with van der Waals surface area (Å²) >= 11 is 0. The molecule has 1 N–H and O–H groups in total. The Morgan fingerprint density at radius 1 is 1.23 bits per heavy atom. The molecule has 2 aliphatic heterocycles. The molecule has 4 rings (SSSR count). The van der Waals surface area contributed by atoms with E-state index in [2.05, 4.69) is 9.97 Å². The van der Waals surface area contributed by atoms with Gasteiger partial charge in [-0.25, -0.2) is 4.98 Å². The number of aryl methyl sites for hydroxylation is 1. The Hall–Kier alpha value is -2.41. The first kappa shape index (κ1) is 17.0. The van der Waals surface area contributed by atoms with Gasteiger partial charge in [0.1, 0.15) is 11.9 Å². The summed E-state index contributed by atoms with van der Waals surface area (Å²) in [6.45, 7) is 4.94. The first-order valence-electron chi connectivity index (χ1n) is 9.23. The number of hydrogen-bond donors (Lipinski definition) is 1. The highest BCUT2D eigenvalue weighted by atomic mass is 16.5. The van der Waals surface area contributed by atoms with Gasteiger partial charge in [-0.15, -0.1) is 0 Å². The van der Waals surface area contributed by atoms with Gasteiger partial charge in [-0.2, -0.15) is 0 Å². The normalized spacial score (nSPS) is 20.7. The second-order valence-electron chi connectivity index (χ2n) is 7.06. The van der Waals surface area contributed by atoms with Crippen LogP contribution in [0.1, 0.15) is 24.2 Å². The van der Waals surface area contributed by atoms with Crippen molar-refractivity contribution in [3.63, 3.8) is 0 Å². The molecule has 26 heavy (non-hydrogen) atoms. The van der Waals surface area contributed by atoms with E-state index in [1.165, 1.54) is 0 Å². The fraction of sp³-hybridized carbons (Fsp3) is 0.526. The Kier molecular flexibility index (Phi) is 4.63. The number of hydrogen-bond acceptors (Lipinski definition) is 4. The Morgan fingerprint density at radius 2 is 2.00 bits per heavy atom. The maximum absolute atomic E-state index is 12.6. The predicted molar refractivity (Wildman–Crippen MR) is 96.7 cm³/mol. The fourth-order valence-corrected chi connectivity index (χ4v) is 3.73. The zero-order chi connectivity index (χ0) is 18.1. The van der Waals surface area contributed by atoms with Crippen molar-refractivity contribution in [3.8, 4) is 0 Å². The molecule has 0 radical (unpaired) electrons. The highest BCUT2D eigenvalue weighted by Crippen LogP contribution is 2.17. The van der Waals surface area contributed by atoms with Crippen LogP contribution in [0.15, 0.2) is 18.2 Å². The molecule has 0 saturated carbocycles. The lowest BCUT2D eigenvalue weighted by molar-refractivity contribution is -0.145. The van der Waals surface area contributed by atoms with Crippen molar-refractivity contribution in [2.24, 2.45) is 0 Å². The summed E-state index contributed by atoms with van der Waals surface area (Å²) < 4.78 is 5.48. The number of aromatic nitrogens is 2. The molecule has 0 bridgehead atoms. The molecule has 1 aromatic heterocycles. The average Bonchev–Trinajstić information content (AvgIpc) is 3.29. The minimum Gasteiger partial charge on any atom is -0.368 e. The number of rotatable bonds is 3. The zero-order valence-electron chi connectivity index (χ0n) is 15.0. The summed E-state index contributed by atoms with van der Waals surface area (Å²) in [6, 6.07) is 5.89. The second kappa shape index (κ2) is 7.07. The SMILES string of the molecule is Cc1nc2ccc(CC(=O)N3CCN(C(=O)C4CCCO4)CC3)cc2[nH]1. The van der Waals surface area contributed by atoms with Crippen molar-refractivity contribution in [1.29, 1.82) is 0 Å². The topological polar surface area (TPSA) is 78.5 Å². The van der Waals surface area contributed by atoms with Crippen LogP contribution in [0.4, 0.5) is 0 Å². The van der Waals surface area contributed by atoms with Crippen LogP contribution in [0.25, 0.3) is 11.0 Å². The number of amides is 2. The Bertz CT molecular complexity index is 817. The highest BCUT2D eigenvalue weighted by Gasteiger charge is 2.31. The van der Waals surface area contributed by atoms with Crippen LogP contribution in [0, 0.1) is 6.92 Å². The number of aromatic amines is 1. The molecule has 7 heteroatoms. The van der Waals surface area contributed by atoms with Gasteiger partial charge in [-0.05, 0) is 37.5 Å². The molecular weight excluding hydrogens is 332 g/mol. The third-order valence-electron chi connectivity index (χ3n) is 5.17. The van der Waals surface area contributed by atoms with Crippen molar-refractivity contribution in [2.45, 2.75) is 32.3 Å². The number of H-pyrrole nitrogens is 1. The van der Waals surface area contributed by atoms with Gasteiger partial charge < -0.3 is 19.5 Å². The molecule has 1 aromatic carbocycles. The van der Waals surface area contributed by atoms with Crippen LogP contribution in [0.3, 0.4) is 0 Å². The van der Waals surface area contributed by atoms with Crippen LogP contribution in [-0.2, 0) is 20.7 Å². The fourth-order valence-electron chi connectivity index (χ4n) is 3.73. The lowest BCUT2D eigenvalue weighted by atomic mass is 10.1. The van der Waals surface area contributed by atoms with E-state index in [4.69, 9.17) is 4.74 Å². The Balaban J connectivity index is 1.33. The van der Waals surface area contributed by atoms with Gasteiger partial charge in [-0.3, -0.25) is 9.59 Å². The second-order valence-corrected chi connectivity index (χ2v) is 7.06. The number of imidazole rings is 1. The van der Waals surface area contributed by atoms with E-state index in [1.807, 2.05) is 34.9 Å². The minimum atomic E-state index is -0.276. The molecule has 2 fully saturated rings. The summed E-state index contributed by atoms with van der Waals surface area (Å²) in [5.41, 5.74) is 2.85. The van der Waals surface area contributed by atoms with E-state index in [0.717, 1.165) is 35.3 Å². The molecule has 1 unspecified atom stereocenters. The third kappa shape index (κ3) is 3.44. The van der Waals surface area contributed by atoms with E-state index in [1.54, 1.807) is 0 Å². The lowest BCUT2D eigenvalue weighted by Crippen LogP contribution is -2.53. The van der Waals surface area contributed by atoms with Gasteiger partial charge in [0.05, 0.1) is 17.5 Å². The maximum Gasteiger partial charge on any atom is 0.251 e. The van der Waals surface area contributed by atoms with Crippen LogP contribution in [0.5, 0.6) is 0 Å². The van der Waals surface area contributed by atoms with E-state index < -0.39 is 0 Å². The van der Waals surface area contributed by atoms with Crippen molar-refractivity contribution >= 4 is 22.8 Å². The smallest absolute Gasteiger partial charge is 0.251 e. The summed E-state index contributed by atoms with van der Waals surface area (Å²) in [7, 11) is 0. The van der Waals surface area contributed by atoms with Crippen molar-refractivity contribution < 1.29 is 14.3 Å². The molecule has 7 nitrogen and oxygen atoms in total. The quantitative estimate of drug-likeness (QED) is 0.898. The van der Waals surface area contributed by atoms with Crippen molar-refractivity contribution in [2.75, 3.05) is 32.8 Å². The Labute approximate surface area is 152 Å². The van der Waals surface area contributed by atoms with Crippen molar-refractivity contribution in [1.82, 2.24) is 19.8 Å². The van der Waals surface area contributed by atoms with Gasteiger partial charge in [0.15, 0.2) is 0 Å². The standard InChI is InChI=1S/C19H24N4O3/c1-13-20-15-5-4-14(11-16(15)21-13)12-18(24)22-6-8-23(9-7-22)19(25)17-3-2-10-26-17/h4-5,11,17H,2-3,6-10,12H2,1H3,(H,20,21). The van der Waals surface area contributed by atoms with Gasteiger partial charge in [0, 0.05) is 32.8 Å². The highest BCUT2D eigenvalue weighted by molar-refractivity contribution is 5.83. The summed E-state index contributed by atoms with van der Waals surface area (Å²) in [5, 5.41) is 0. The third-order valence-corrected chi connectivity index (χ3v) is 5.17. The molecule has 0 aliphatic carbocycles. The molecule has 3 heterocycles. The zero-order valence-corrected chi connectivity index (χ0v) is 15.0. The van der Waals surface area contributed by atoms with Gasteiger partial charge in [0.25, 0.3) is 5.91 Å². The molecule has 1 atom stereocenters. The molecule has 2 amide bonds. The average molecular weight is 356 g/mol. The lowest BCUT2D eigenvalue weighted by Gasteiger charge is -2.35. The summed E-state index contributed by atoms with van der Waals surface area (Å²) in [4.78, 5) is 36.3. The number of ether oxygens (including phenoxy) is 1. The molecular formula is C19H24N4O3. The van der Waals surface area contributed by atoms with Gasteiger partial charge in [-0.1, -0.05) is 6.07 Å². The molecule has 2 aromatic rings.